The van der Waals surface area contributed by atoms with Gasteiger partial charge in [0.1, 0.15) is 0 Å². The quantitative estimate of drug-likeness (QED) is 0.670. The number of hydrogen-bond donors (Lipinski definition) is 2. The summed E-state index contributed by atoms with van der Waals surface area (Å²) in [6, 6.07) is 9.44. The SMILES string of the molecule is Cc1cc(=O)n(C(=O)c2nc3c(c(=O)[nH]2)C2CCCN2C(=O)N3c2ccccc2)[nH]1. The number of aromatic nitrogens is 4. The molecule has 0 spiro atoms. The maximum Gasteiger partial charge on any atom is 0.330 e. The van der Waals surface area contributed by atoms with E-state index in [1.54, 1.807) is 36.1 Å². The monoisotopic (exact) mass is 406 g/mol. The molecule has 2 N–H and O–H groups in total. The number of carbonyl (C=O) groups excluding carboxylic acids is 2. The number of H-pyrrole nitrogens is 2. The zero-order valence-corrected chi connectivity index (χ0v) is 16.1. The molecule has 1 unspecified atom stereocenters. The van der Waals surface area contributed by atoms with Crippen LogP contribution in [0.2, 0.25) is 0 Å². The van der Waals surface area contributed by atoms with Crippen molar-refractivity contribution < 1.29 is 9.59 Å². The molecule has 1 fully saturated rings. The number of carbonyl (C=O) groups is 2. The van der Waals surface area contributed by atoms with Gasteiger partial charge in [-0.1, -0.05) is 18.2 Å². The number of amides is 2. The van der Waals surface area contributed by atoms with Crippen LogP contribution in [0.5, 0.6) is 0 Å². The molecule has 10 nitrogen and oxygen atoms in total. The molecular weight excluding hydrogens is 388 g/mol. The number of anilines is 2. The van der Waals surface area contributed by atoms with Crippen molar-refractivity contribution in [3.05, 3.63) is 74.2 Å². The fraction of sp³-hybridized carbons (Fsp3) is 0.250. The molecule has 2 aliphatic rings. The summed E-state index contributed by atoms with van der Waals surface area (Å²) in [5.41, 5.74) is 0.332. The van der Waals surface area contributed by atoms with E-state index in [2.05, 4.69) is 15.1 Å². The topological polar surface area (TPSA) is 124 Å². The van der Waals surface area contributed by atoms with Gasteiger partial charge >= 0.3 is 11.9 Å². The van der Waals surface area contributed by atoms with E-state index in [0.29, 0.717) is 29.9 Å². The minimum absolute atomic E-state index is 0.123. The maximum absolute atomic E-state index is 13.2. The fourth-order valence-electron chi connectivity index (χ4n) is 4.14. The average Bonchev–Trinajstić information content (AvgIpc) is 3.34. The molecule has 1 saturated heterocycles. The van der Waals surface area contributed by atoms with Crippen molar-refractivity contribution in [1.82, 2.24) is 24.6 Å². The van der Waals surface area contributed by atoms with Crippen LogP contribution >= 0.6 is 0 Å². The molecule has 5 rings (SSSR count). The van der Waals surface area contributed by atoms with Gasteiger partial charge in [0.05, 0.1) is 17.3 Å². The third-order valence-corrected chi connectivity index (χ3v) is 5.44. The molecule has 2 aromatic heterocycles. The average molecular weight is 406 g/mol. The first kappa shape index (κ1) is 18.1. The summed E-state index contributed by atoms with van der Waals surface area (Å²) >= 11 is 0. The van der Waals surface area contributed by atoms with Crippen molar-refractivity contribution in [2.75, 3.05) is 11.4 Å². The molecule has 1 atom stereocenters. The number of benzene rings is 1. The van der Waals surface area contributed by atoms with Crippen molar-refractivity contribution in [3.8, 4) is 0 Å². The highest BCUT2D eigenvalue weighted by Gasteiger charge is 2.44. The Kier molecular flexibility index (Phi) is 3.95. The second kappa shape index (κ2) is 6.55. The molecule has 4 heterocycles. The van der Waals surface area contributed by atoms with E-state index in [4.69, 9.17) is 0 Å². The summed E-state index contributed by atoms with van der Waals surface area (Å²) in [4.78, 5) is 61.0. The van der Waals surface area contributed by atoms with Gasteiger partial charge < -0.3 is 9.88 Å². The van der Waals surface area contributed by atoms with E-state index in [1.165, 1.54) is 11.0 Å². The Labute approximate surface area is 169 Å². The van der Waals surface area contributed by atoms with Crippen molar-refractivity contribution in [3.63, 3.8) is 0 Å². The summed E-state index contributed by atoms with van der Waals surface area (Å²) in [6.45, 7) is 2.18. The summed E-state index contributed by atoms with van der Waals surface area (Å²) in [5.74, 6) is -0.997. The number of urea groups is 1. The van der Waals surface area contributed by atoms with Crippen LogP contribution in [0.4, 0.5) is 16.3 Å². The molecule has 0 saturated carbocycles. The van der Waals surface area contributed by atoms with Gasteiger partial charge in [-0.25, -0.2) is 14.7 Å². The van der Waals surface area contributed by atoms with Gasteiger partial charge in [0.2, 0.25) is 5.82 Å². The first-order valence-corrected chi connectivity index (χ1v) is 9.59. The van der Waals surface area contributed by atoms with E-state index in [-0.39, 0.29) is 23.7 Å². The van der Waals surface area contributed by atoms with E-state index in [1.807, 2.05) is 6.07 Å². The Morgan fingerprint density at radius 3 is 2.63 bits per heavy atom. The van der Waals surface area contributed by atoms with Crippen LogP contribution in [0.1, 0.15) is 40.8 Å². The van der Waals surface area contributed by atoms with E-state index in [0.717, 1.165) is 11.1 Å². The van der Waals surface area contributed by atoms with Crippen LogP contribution in [-0.4, -0.2) is 43.1 Å². The van der Waals surface area contributed by atoms with E-state index in [9.17, 15) is 19.2 Å². The minimum atomic E-state index is -0.803. The first-order chi connectivity index (χ1) is 14.5. The maximum atomic E-state index is 13.2. The van der Waals surface area contributed by atoms with Crippen LogP contribution in [0.25, 0.3) is 0 Å². The normalized spacial score (nSPS) is 17.8. The predicted octanol–water partition coefficient (Wildman–Crippen LogP) is 1.67. The van der Waals surface area contributed by atoms with Crippen LogP contribution in [-0.2, 0) is 0 Å². The van der Waals surface area contributed by atoms with Crippen molar-refractivity contribution >= 4 is 23.4 Å². The lowest BCUT2D eigenvalue weighted by Gasteiger charge is -2.37. The van der Waals surface area contributed by atoms with Crippen LogP contribution in [0.3, 0.4) is 0 Å². The van der Waals surface area contributed by atoms with Crippen LogP contribution in [0.15, 0.2) is 46.0 Å². The van der Waals surface area contributed by atoms with Gasteiger partial charge in [-0.3, -0.25) is 19.5 Å². The molecule has 2 amide bonds. The Bertz CT molecular complexity index is 1290. The zero-order chi connectivity index (χ0) is 21.0. The molecule has 152 valence electrons. The van der Waals surface area contributed by atoms with Gasteiger partial charge in [0, 0.05) is 18.3 Å². The highest BCUT2D eigenvalue weighted by molar-refractivity contribution is 6.02. The summed E-state index contributed by atoms with van der Waals surface area (Å²) in [7, 11) is 0. The summed E-state index contributed by atoms with van der Waals surface area (Å²) in [5, 5.41) is 2.63. The third kappa shape index (κ3) is 2.60. The Morgan fingerprint density at radius 2 is 1.93 bits per heavy atom. The number of fused-ring (bicyclic) bond motifs is 3. The molecule has 1 aromatic carbocycles. The Balaban J connectivity index is 1.72. The standard InChI is InChI=1S/C20H18N6O4/c1-11-10-14(27)26(23-11)19(29)16-21-17-15(18(28)22-16)13-8-5-9-24(13)20(30)25(17)12-6-3-2-4-7-12/h2-4,6-7,10,13,23H,5,8-9H2,1H3,(H,21,22,28). The largest absolute Gasteiger partial charge is 0.330 e. The number of hydrogen-bond acceptors (Lipinski definition) is 5. The molecule has 0 radical (unpaired) electrons. The molecule has 0 aliphatic carbocycles. The molecule has 3 aromatic rings. The number of nitrogens with one attached hydrogen (secondary N) is 2. The fourth-order valence-corrected chi connectivity index (χ4v) is 4.14. The van der Waals surface area contributed by atoms with Gasteiger partial charge in [0.15, 0.2) is 5.82 Å². The number of rotatable bonds is 2. The van der Waals surface area contributed by atoms with Gasteiger partial charge in [-0.15, -0.1) is 0 Å². The van der Waals surface area contributed by atoms with Gasteiger partial charge in [-0.2, -0.15) is 4.68 Å². The lowest BCUT2D eigenvalue weighted by atomic mass is 10.0. The number of aromatic amines is 2. The highest BCUT2D eigenvalue weighted by Crippen LogP contribution is 2.42. The summed E-state index contributed by atoms with van der Waals surface area (Å²) in [6.07, 6.45) is 1.42. The zero-order valence-electron chi connectivity index (χ0n) is 16.1. The van der Waals surface area contributed by atoms with Crippen LogP contribution in [0, 0.1) is 6.92 Å². The molecule has 30 heavy (non-hydrogen) atoms. The van der Waals surface area contributed by atoms with Crippen molar-refractivity contribution in [1.29, 1.82) is 0 Å². The van der Waals surface area contributed by atoms with Crippen molar-refractivity contribution in [2.24, 2.45) is 0 Å². The molecular formula is C20H18N6O4. The minimum Gasteiger partial charge on any atom is -0.317 e. The summed E-state index contributed by atoms with van der Waals surface area (Å²) < 4.78 is 0.777. The van der Waals surface area contributed by atoms with E-state index >= 15 is 0 Å². The Morgan fingerprint density at radius 1 is 1.17 bits per heavy atom. The molecule has 10 heteroatoms. The second-order valence-electron chi connectivity index (χ2n) is 7.37. The predicted molar refractivity (Wildman–Crippen MR) is 107 cm³/mol. The second-order valence-corrected chi connectivity index (χ2v) is 7.37. The third-order valence-electron chi connectivity index (χ3n) is 5.44. The van der Waals surface area contributed by atoms with E-state index < -0.39 is 17.0 Å². The Hall–Kier alpha value is -3.95. The number of nitrogens with zero attached hydrogens (tertiary/aromatic N) is 4. The first-order valence-electron chi connectivity index (χ1n) is 9.59. The molecule has 0 bridgehead atoms. The number of aryl methyl sites for hydroxylation is 1. The lowest BCUT2D eigenvalue weighted by Crippen LogP contribution is -2.48. The smallest absolute Gasteiger partial charge is 0.317 e. The van der Waals surface area contributed by atoms with Crippen LogP contribution < -0.4 is 16.0 Å². The number of para-hydroxylation sites is 1. The molecule has 2 aliphatic heterocycles. The van der Waals surface area contributed by atoms with Gasteiger partial charge in [0.25, 0.3) is 11.1 Å². The van der Waals surface area contributed by atoms with Crippen molar-refractivity contribution in [2.45, 2.75) is 25.8 Å². The lowest BCUT2D eigenvalue weighted by molar-refractivity contribution is 0.0929. The highest BCUT2D eigenvalue weighted by atomic mass is 16.2. The van der Waals surface area contributed by atoms with Gasteiger partial charge in [-0.05, 0) is 31.9 Å².